The quantitative estimate of drug-likeness (QED) is 0.367. The van der Waals surface area contributed by atoms with Gasteiger partial charge >= 0.3 is 5.97 Å². The number of ether oxygens (including phenoxy) is 1. The molecule has 0 amide bonds. The molecule has 1 aromatic rings. The summed E-state index contributed by atoms with van der Waals surface area (Å²) in [6, 6.07) is 8.29. The summed E-state index contributed by atoms with van der Waals surface area (Å²) in [4.78, 5) is 11.7. The van der Waals surface area contributed by atoms with E-state index in [9.17, 15) is 4.79 Å². The molecule has 0 atom stereocenters. The van der Waals surface area contributed by atoms with Crippen molar-refractivity contribution < 1.29 is 9.53 Å². The highest BCUT2D eigenvalue weighted by atomic mass is 16.5. The third-order valence-corrected chi connectivity index (χ3v) is 6.36. The standard InChI is InChI=1S/C22H30O2/c1-3-5-6-20(23)24-19-9-7-18(8-10-19)22-15-12-21(11-4-2,13-16-22)14-17-22/h5-10H,3-4,11-17H2,1-2H3/b6-5+. The van der Waals surface area contributed by atoms with Gasteiger partial charge in [0.15, 0.2) is 0 Å². The van der Waals surface area contributed by atoms with Crippen LogP contribution in [0.3, 0.4) is 0 Å². The maximum Gasteiger partial charge on any atom is 0.335 e. The number of carbonyl (C=O) groups is 1. The normalized spacial score (nSPS) is 29.1. The molecule has 3 aliphatic carbocycles. The van der Waals surface area contributed by atoms with Crippen molar-refractivity contribution in [2.75, 3.05) is 0 Å². The lowest BCUT2D eigenvalue weighted by Crippen LogP contribution is -2.44. The second-order valence-electron chi connectivity index (χ2n) is 7.79. The van der Waals surface area contributed by atoms with Crippen molar-refractivity contribution in [2.45, 2.75) is 77.0 Å². The van der Waals surface area contributed by atoms with Crippen LogP contribution in [0.4, 0.5) is 0 Å². The minimum Gasteiger partial charge on any atom is -0.423 e. The molecule has 0 aliphatic heterocycles. The van der Waals surface area contributed by atoms with Crippen LogP contribution >= 0.6 is 0 Å². The van der Waals surface area contributed by atoms with Crippen LogP contribution in [0, 0.1) is 5.41 Å². The van der Waals surface area contributed by atoms with Crippen LogP contribution in [0.25, 0.3) is 0 Å². The minimum atomic E-state index is -0.289. The van der Waals surface area contributed by atoms with Gasteiger partial charge in [0, 0.05) is 6.08 Å². The summed E-state index contributed by atoms with van der Waals surface area (Å²) < 4.78 is 5.36. The van der Waals surface area contributed by atoms with Crippen LogP contribution in [-0.4, -0.2) is 5.97 Å². The Morgan fingerprint density at radius 3 is 2.21 bits per heavy atom. The fourth-order valence-electron chi connectivity index (χ4n) is 4.84. The van der Waals surface area contributed by atoms with E-state index < -0.39 is 0 Å². The van der Waals surface area contributed by atoms with Crippen LogP contribution in [0.5, 0.6) is 5.75 Å². The summed E-state index contributed by atoms with van der Waals surface area (Å²) in [5.74, 6) is 0.357. The van der Waals surface area contributed by atoms with E-state index in [4.69, 9.17) is 4.74 Å². The third-order valence-electron chi connectivity index (χ3n) is 6.36. The van der Waals surface area contributed by atoms with E-state index in [1.807, 2.05) is 25.1 Å². The molecule has 3 aliphatic rings. The molecule has 2 bridgehead atoms. The van der Waals surface area contributed by atoms with Gasteiger partial charge in [-0.2, -0.15) is 0 Å². The highest BCUT2D eigenvalue weighted by Gasteiger charge is 2.48. The Kier molecular flexibility index (Phi) is 5.12. The predicted molar refractivity (Wildman–Crippen MR) is 98.2 cm³/mol. The zero-order chi connectivity index (χ0) is 17.0. The largest absolute Gasteiger partial charge is 0.423 e. The molecule has 130 valence electrons. The summed E-state index contributed by atoms with van der Waals surface area (Å²) in [7, 11) is 0. The highest BCUT2D eigenvalue weighted by molar-refractivity contribution is 5.83. The van der Waals surface area contributed by atoms with Gasteiger partial charge in [0.25, 0.3) is 0 Å². The van der Waals surface area contributed by atoms with Gasteiger partial charge in [-0.25, -0.2) is 4.79 Å². The molecule has 3 saturated carbocycles. The van der Waals surface area contributed by atoms with Crippen LogP contribution < -0.4 is 4.74 Å². The molecule has 3 fully saturated rings. The van der Waals surface area contributed by atoms with Gasteiger partial charge in [-0.1, -0.05) is 38.5 Å². The molecule has 1 aromatic carbocycles. The fourth-order valence-corrected chi connectivity index (χ4v) is 4.84. The van der Waals surface area contributed by atoms with Gasteiger partial charge in [0.2, 0.25) is 0 Å². The Morgan fingerprint density at radius 2 is 1.67 bits per heavy atom. The van der Waals surface area contributed by atoms with E-state index in [1.54, 1.807) is 0 Å². The number of rotatable bonds is 6. The smallest absolute Gasteiger partial charge is 0.335 e. The van der Waals surface area contributed by atoms with E-state index in [0.717, 1.165) is 6.42 Å². The van der Waals surface area contributed by atoms with E-state index in [0.29, 0.717) is 16.6 Å². The Labute approximate surface area is 146 Å². The predicted octanol–water partition coefficient (Wildman–Crippen LogP) is 5.95. The topological polar surface area (TPSA) is 26.3 Å². The first kappa shape index (κ1) is 17.3. The summed E-state index contributed by atoms with van der Waals surface area (Å²) in [6.07, 6.45) is 15.0. The van der Waals surface area contributed by atoms with Gasteiger partial charge in [-0.05, 0) is 79.9 Å². The van der Waals surface area contributed by atoms with Gasteiger partial charge in [-0.3, -0.25) is 0 Å². The van der Waals surface area contributed by atoms with Gasteiger partial charge in [0.05, 0.1) is 0 Å². The molecule has 0 N–H and O–H groups in total. The second kappa shape index (κ2) is 7.13. The monoisotopic (exact) mass is 326 g/mol. The fraction of sp³-hybridized carbons (Fsp3) is 0.591. The van der Waals surface area contributed by atoms with E-state index in [1.165, 1.54) is 63.0 Å². The molecular weight excluding hydrogens is 296 g/mol. The van der Waals surface area contributed by atoms with Crippen molar-refractivity contribution in [3.63, 3.8) is 0 Å². The van der Waals surface area contributed by atoms with Gasteiger partial charge in [-0.15, -0.1) is 0 Å². The van der Waals surface area contributed by atoms with Crippen molar-refractivity contribution >= 4 is 5.97 Å². The number of hydrogen-bond donors (Lipinski definition) is 0. The first-order valence-corrected chi connectivity index (χ1v) is 9.60. The van der Waals surface area contributed by atoms with E-state index in [-0.39, 0.29) is 5.97 Å². The number of allylic oxidation sites excluding steroid dienone is 1. The number of benzene rings is 1. The van der Waals surface area contributed by atoms with Crippen LogP contribution in [0.1, 0.15) is 77.2 Å². The molecule has 2 nitrogen and oxygen atoms in total. The van der Waals surface area contributed by atoms with Crippen molar-refractivity contribution in [3.8, 4) is 5.75 Å². The number of fused-ring (bicyclic) bond motifs is 3. The average molecular weight is 326 g/mol. The molecule has 4 rings (SSSR count). The third kappa shape index (κ3) is 3.43. The molecule has 0 spiro atoms. The zero-order valence-electron chi connectivity index (χ0n) is 15.1. The molecule has 0 aromatic heterocycles. The Morgan fingerprint density at radius 1 is 1.04 bits per heavy atom. The van der Waals surface area contributed by atoms with Crippen molar-refractivity contribution in [1.82, 2.24) is 0 Å². The van der Waals surface area contributed by atoms with Crippen molar-refractivity contribution in [3.05, 3.63) is 42.0 Å². The lowest BCUT2D eigenvalue weighted by atomic mass is 9.51. The Balaban J connectivity index is 1.66. The molecule has 0 saturated heterocycles. The first-order chi connectivity index (χ1) is 11.6. The van der Waals surface area contributed by atoms with E-state index >= 15 is 0 Å². The van der Waals surface area contributed by atoms with Crippen molar-refractivity contribution in [1.29, 1.82) is 0 Å². The maximum absolute atomic E-state index is 11.7. The van der Waals surface area contributed by atoms with Crippen LogP contribution in [0.2, 0.25) is 0 Å². The Hall–Kier alpha value is -1.57. The molecule has 0 heterocycles. The maximum atomic E-state index is 11.7. The SMILES string of the molecule is CC/C=C/C(=O)Oc1ccc(C23CCC(CCC)(CC2)CC3)cc1. The number of carbonyl (C=O) groups excluding carboxylic acids is 1. The summed E-state index contributed by atoms with van der Waals surface area (Å²) in [6.45, 7) is 4.32. The Bertz CT molecular complexity index is 572. The lowest BCUT2D eigenvalue weighted by Gasteiger charge is -2.54. The molecule has 24 heavy (non-hydrogen) atoms. The van der Waals surface area contributed by atoms with Crippen LogP contribution in [-0.2, 0) is 10.2 Å². The minimum absolute atomic E-state index is 0.289. The first-order valence-electron chi connectivity index (χ1n) is 9.60. The zero-order valence-corrected chi connectivity index (χ0v) is 15.1. The van der Waals surface area contributed by atoms with Crippen molar-refractivity contribution in [2.24, 2.45) is 5.41 Å². The second-order valence-corrected chi connectivity index (χ2v) is 7.79. The molecule has 2 heteroatoms. The number of hydrogen-bond acceptors (Lipinski definition) is 2. The number of esters is 1. The van der Waals surface area contributed by atoms with Gasteiger partial charge < -0.3 is 4.74 Å². The average Bonchev–Trinajstić information content (AvgIpc) is 2.62. The highest BCUT2D eigenvalue weighted by Crippen LogP contribution is 2.59. The van der Waals surface area contributed by atoms with Crippen LogP contribution in [0.15, 0.2) is 36.4 Å². The summed E-state index contributed by atoms with van der Waals surface area (Å²) >= 11 is 0. The van der Waals surface area contributed by atoms with Gasteiger partial charge in [0.1, 0.15) is 5.75 Å². The molecule has 0 unspecified atom stereocenters. The molecule has 0 radical (unpaired) electrons. The summed E-state index contributed by atoms with van der Waals surface area (Å²) in [5.41, 5.74) is 2.47. The van der Waals surface area contributed by atoms with E-state index in [2.05, 4.69) is 19.1 Å². The summed E-state index contributed by atoms with van der Waals surface area (Å²) in [5, 5.41) is 0. The molecular formula is C22H30O2. The lowest BCUT2D eigenvalue weighted by molar-refractivity contribution is -0.129.